The molecule has 4 heterocycles. The lowest BCUT2D eigenvalue weighted by molar-refractivity contribution is -0.0496. The second-order valence-corrected chi connectivity index (χ2v) is 9.44. The fourth-order valence-electron chi connectivity index (χ4n) is 4.02. The van der Waals surface area contributed by atoms with Gasteiger partial charge in [0.15, 0.2) is 21.4 Å². The van der Waals surface area contributed by atoms with E-state index in [0.717, 1.165) is 18.5 Å². The number of hydrogen-bond acceptors (Lipinski definition) is 9. The van der Waals surface area contributed by atoms with Crippen molar-refractivity contribution < 1.29 is 18.3 Å². The molecule has 0 saturated heterocycles. The average Bonchev–Trinajstić information content (AvgIpc) is 3.20. The van der Waals surface area contributed by atoms with Crippen molar-refractivity contribution >= 4 is 32.9 Å². The van der Waals surface area contributed by atoms with Gasteiger partial charge in [-0.3, -0.25) is 20.1 Å². The molecule has 1 aliphatic carbocycles. The average molecular weight is 508 g/mol. The van der Waals surface area contributed by atoms with Gasteiger partial charge < -0.3 is 4.74 Å². The van der Waals surface area contributed by atoms with E-state index in [1.54, 1.807) is 32.2 Å². The van der Waals surface area contributed by atoms with Gasteiger partial charge in [-0.05, 0) is 38.8 Å². The van der Waals surface area contributed by atoms with Gasteiger partial charge in [0, 0.05) is 40.5 Å². The number of halogens is 2. The van der Waals surface area contributed by atoms with Gasteiger partial charge in [0.1, 0.15) is 0 Å². The lowest BCUT2D eigenvalue weighted by atomic mass is 9.74. The van der Waals surface area contributed by atoms with Crippen molar-refractivity contribution in [3.8, 4) is 22.9 Å². The van der Waals surface area contributed by atoms with Gasteiger partial charge in [0.25, 0.3) is 5.91 Å². The molecule has 1 fully saturated rings. The number of pyridine rings is 2. The zero-order chi connectivity index (χ0) is 25.4. The molecular formula is C24H19F2N7O2S. The summed E-state index contributed by atoms with van der Waals surface area (Å²) in [6, 6.07) is 5.46. The molecule has 4 aromatic rings. The molecule has 0 atom stereocenters. The van der Waals surface area contributed by atoms with Crippen molar-refractivity contribution in [1.29, 1.82) is 5.26 Å². The van der Waals surface area contributed by atoms with Crippen LogP contribution >= 0.6 is 11.3 Å². The molecule has 36 heavy (non-hydrogen) atoms. The SMILES string of the molecule is Cc1cc(-c2cc(C)ncc2C(=O)Nc2nc3ncc(C4CC(C#N)C4)nc3s2)c(OC(F)F)cn1. The topological polar surface area (TPSA) is 127 Å². The molecule has 12 heteroatoms. The maximum atomic E-state index is 13.3. The van der Waals surface area contributed by atoms with Crippen LogP contribution in [0.1, 0.15) is 46.2 Å². The first-order chi connectivity index (χ1) is 17.3. The van der Waals surface area contributed by atoms with E-state index >= 15 is 0 Å². The van der Waals surface area contributed by atoms with Crippen LogP contribution in [0.2, 0.25) is 0 Å². The van der Waals surface area contributed by atoms with E-state index in [1.807, 2.05) is 0 Å². The van der Waals surface area contributed by atoms with E-state index in [2.05, 4.69) is 41.0 Å². The van der Waals surface area contributed by atoms with E-state index in [0.29, 0.717) is 33.0 Å². The minimum atomic E-state index is -3.05. The molecule has 0 bridgehead atoms. The number of thiazole rings is 1. The zero-order valence-electron chi connectivity index (χ0n) is 19.2. The molecule has 5 rings (SSSR count). The second-order valence-electron chi connectivity index (χ2n) is 8.46. The predicted molar refractivity (Wildman–Crippen MR) is 128 cm³/mol. The number of nitrogens with zero attached hydrogens (tertiary/aromatic N) is 6. The van der Waals surface area contributed by atoms with Crippen LogP contribution in [0.3, 0.4) is 0 Å². The van der Waals surface area contributed by atoms with Gasteiger partial charge >= 0.3 is 6.61 Å². The lowest BCUT2D eigenvalue weighted by Gasteiger charge is -2.29. The molecule has 1 aliphatic rings. The molecular weight excluding hydrogens is 488 g/mol. The fourth-order valence-corrected chi connectivity index (χ4v) is 4.82. The summed E-state index contributed by atoms with van der Waals surface area (Å²) in [5.74, 6) is -0.422. The standard InChI is InChI=1S/C24H19F2N7O2S/c1-11-3-15(16-4-12(2)29-10-19(16)35-23(25)26)17(8-28-11)21(34)33-24-32-20-22(36-24)31-18(9-30-20)14-5-13(6-14)7-27/h3-4,8-10,13-14,23H,5-6H2,1-2H3,(H,30,32,33,34). The quantitative estimate of drug-likeness (QED) is 0.385. The number of amides is 1. The Balaban J connectivity index is 1.44. The summed E-state index contributed by atoms with van der Waals surface area (Å²) in [5, 5.41) is 12.0. The van der Waals surface area contributed by atoms with Crippen LogP contribution in [0.15, 0.2) is 30.7 Å². The largest absolute Gasteiger partial charge is 0.433 e. The Hall–Kier alpha value is -4.11. The molecule has 0 aromatic carbocycles. The molecule has 0 radical (unpaired) electrons. The maximum Gasteiger partial charge on any atom is 0.387 e. The van der Waals surface area contributed by atoms with Crippen LogP contribution < -0.4 is 10.1 Å². The number of hydrogen-bond donors (Lipinski definition) is 1. The van der Waals surface area contributed by atoms with Gasteiger partial charge in [-0.15, -0.1) is 0 Å². The highest BCUT2D eigenvalue weighted by molar-refractivity contribution is 7.21. The summed E-state index contributed by atoms with van der Waals surface area (Å²) in [6.07, 6.45) is 5.76. The predicted octanol–water partition coefficient (Wildman–Crippen LogP) is 5.03. The van der Waals surface area contributed by atoms with E-state index < -0.39 is 12.5 Å². The third-order valence-electron chi connectivity index (χ3n) is 5.90. The molecule has 1 amide bonds. The normalized spacial score (nSPS) is 17.0. The van der Waals surface area contributed by atoms with Gasteiger partial charge in [0.2, 0.25) is 0 Å². The van der Waals surface area contributed by atoms with Crippen LogP contribution in [0, 0.1) is 31.1 Å². The third kappa shape index (κ3) is 4.70. The second kappa shape index (κ2) is 9.50. The number of fused-ring (bicyclic) bond motifs is 1. The van der Waals surface area contributed by atoms with E-state index in [1.165, 1.54) is 23.7 Å². The number of nitriles is 1. The van der Waals surface area contributed by atoms with Gasteiger partial charge in [-0.25, -0.2) is 9.97 Å². The van der Waals surface area contributed by atoms with E-state index in [-0.39, 0.29) is 28.3 Å². The molecule has 1 saturated carbocycles. The van der Waals surface area contributed by atoms with Crippen LogP contribution in [-0.2, 0) is 0 Å². The van der Waals surface area contributed by atoms with Crippen molar-refractivity contribution in [2.24, 2.45) is 5.92 Å². The van der Waals surface area contributed by atoms with Crippen molar-refractivity contribution in [1.82, 2.24) is 24.9 Å². The number of rotatable bonds is 6. The number of carbonyl (C=O) groups excluding carboxylic acids is 1. The first kappa shape index (κ1) is 23.6. The molecule has 0 aliphatic heterocycles. The maximum absolute atomic E-state index is 13.3. The van der Waals surface area contributed by atoms with Gasteiger partial charge in [-0.2, -0.15) is 19.0 Å². The zero-order valence-corrected chi connectivity index (χ0v) is 20.0. The number of anilines is 1. The first-order valence-corrected chi connectivity index (χ1v) is 11.8. The molecule has 9 nitrogen and oxygen atoms in total. The molecule has 0 unspecified atom stereocenters. The highest BCUT2D eigenvalue weighted by Crippen LogP contribution is 2.41. The summed E-state index contributed by atoms with van der Waals surface area (Å²) in [6.45, 7) is 0.394. The number of nitrogens with one attached hydrogen (secondary N) is 1. The minimum absolute atomic E-state index is 0.0527. The van der Waals surface area contributed by atoms with E-state index in [4.69, 9.17) is 5.26 Å². The minimum Gasteiger partial charge on any atom is -0.433 e. The number of aryl methyl sites for hydroxylation is 2. The van der Waals surface area contributed by atoms with E-state index in [9.17, 15) is 13.6 Å². The lowest BCUT2D eigenvalue weighted by Crippen LogP contribution is -2.21. The van der Waals surface area contributed by atoms with Gasteiger partial charge in [-0.1, -0.05) is 11.3 Å². The number of aromatic nitrogens is 5. The Morgan fingerprint density at radius 2 is 1.83 bits per heavy atom. The Bertz CT molecular complexity index is 1510. The van der Waals surface area contributed by atoms with Gasteiger partial charge in [0.05, 0.1) is 29.7 Å². The van der Waals surface area contributed by atoms with Crippen LogP contribution in [-0.4, -0.2) is 37.4 Å². The van der Waals surface area contributed by atoms with Crippen molar-refractivity contribution in [2.45, 2.75) is 39.2 Å². The summed E-state index contributed by atoms with van der Waals surface area (Å²) >= 11 is 1.18. The summed E-state index contributed by atoms with van der Waals surface area (Å²) in [5.41, 5.74) is 3.19. The first-order valence-electron chi connectivity index (χ1n) is 11.0. The smallest absolute Gasteiger partial charge is 0.387 e. The fraction of sp³-hybridized carbons (Fsp3) is 0.292. The van der Waals surface area contributed by atoms with Crippen LogP contribution in [0.5, 0.6) is 5.75 Å². The van der Waals surface area contributed by atoms with Crippen molar-refractivity contribution in [3.05, 3.63) is 53.4 Å². The molecule has 182 valence electrons. The third-order valence-corrected chi connectivity index (χ3v) is 6.75. The number of ether oxygens (including phenoxy) is 1. The summed E-state index contributed by atoms with van der Waals surface area (Å²) in [4.78, 5) is 35.4. The number of carbonyl (C=O) groups is 1. The Morgan fingerprint density at radius 3 is 2.56 bits per heavy atom. The highest BCUT2D eigenvalue weighted by Gasteiger charge is 2.32. The number of alkyl halides is 2. The van der Waals surface area contributed by atoms with Crippen LogP contribution in [0.25, 0.3) is 21.6 Å². The molecule has 4 aromatic heterocycles. The van der Waals surface area contributed by atoms with Crippen molar-refractivity contribution in [2.75, 3.05) is 5.32 Å². The molecule has 0 spiro atoms. The Labute approximate surface area is 208 Å². The summed E-state index contributed by atoms with van der Waals surface area (Å²) < 4.78 is 30.7. The Kier molecular flexibility index (Phi) is 6.24. The van der Waals surface area contributed by atoms with Crippen molar-refractivity contribution in [3.63, 3.8) is 0 Å². The highest BCUT2D eigenvalue weighted by atomic mass is 32.1. The summed E-state index contributed by atoms with van der Waals surface area (Å²) in [7, 11) is 0. The molecule has 1 N–H and O–H groups in total. The monoisotopic (exact) mass is 507 g/mol. The Morgan fingerprint density at radius 1 is 1.11 bits per heavy atom. The van der Waals surface area contributed by atoms with Crippen LogP contribution in [0.4, 0.5) is 13.9 Å².